The molecule has 0 bridgehead atoms. The number of nitrogen functional groups attached to an aromatic ring is 1. The van der Waals surface area contributed by atoms with E-state index in [9.17, 15) is 14.4 Å². The lowest BCUT2D eigenvalue weighted by Gasteiger charge is -2.31. The molecule has 3 N–H and O–H groups in total. The highest BCUT2D eigenvalue weighted by Crippen LogP contribution is 2.35. The molecule has 6 rings (SSSR count). The van der Waals surface area contributed by atoms with Gasteiger partial charge in [0.25, 0.3) is 17.7 Å². The Hall–Kier alpha value is -4.76. The second-order valence-corrected chi connectivity index (χ2v) is 9.70. The molecule has 2 aliphatic heterocycles. The van der Waals surface area contributed by atoms with Gasteiger partial charge in [-0.05, 0) is 54.8 Å². The number of ether oxygens (including phenoxy) is 1. The number of nitrogens with one attached hydrogen (secondary N) is 1. The Kier molecular flexibility index (Phi) is 6.20. The Balaban J connectivity index is 1.41. The van der Waals surface area contributed by atoms with E-state index < -0.39 is 11.8 Å². The molecule has 0 atom stereocenters. The van der Waals surface area contributed by atoms with Crippen molar-refractivity contribution in [1.82, 2.24) is 15.1 Å². The number of carbonyl (C=O) groups excluding carboxylic acids is 3. The highest BCUT2D eigenvalue weighted by atomic mass is 16.5. The molecule has 3 amide bonds. The second-order valence-electron chi connectivity index (χ2n) is 9.70. The van der Waals surface area contributed by atoms with Crippen LogP contribution in [0.25, 0.3) is 23.1 Å². The van der Waals surface area contributed by atoms with Crippen LogP contribution in [0, 0.1) is 0 Å². The monoisotopic (exact) mass is 521 g/mol. The first-order chi connectivity index (χ1) is 19.0. The van der Waals surface area contributed by atoms with Crippen molar-refractivity contribution in [3.05, 3.63) is 88.6 Å². The molecule has 0 radical (unpaired) electrons. The smallest absolute Gasteiger partial charge is 0.268 e. The predicted octanol–water partition coefficient (Wildman–Crippen LogP) is 4.37. The summed E-state index contributed by atoms with van der Waals surface area (Å²) in [7, 11) is 1.68. The Labute approximate surface area is 224 Å². The molecule has 1 saturated heterocycles. The number of fused-ring (bicyclic) bond motifs is 2. The minimum Gasteiger partial charge on any atom is -0.398 e. The van der Waals surface area contributed by atoms with E-state index in [4.69, 9.17) is 10.5 Å². The van der Waals surface area contributed by atoms with E-state index in [1.54, 1.807) is 54.5 Å². The molecule has 4 aromatic rings. The first-order valence-electron chi connectivity index (χ1n) is 12.8. The van der Waals surface area contributed by atoms with Gasteiger partial charge >= 0.3 is 0 Å². The SMILES string of the molecule is COC1CCN(C(=O)c2ccc(C=Cc3n[nH]c4ccccc34)c(N3C(=O)c4cccc(N)c4C3=O)c2)CC1. The molecule has 9 heteroatoms. The fourth-order valence-corrected chi connectivity index (χ4v) is 5.30. The van der Waals surface area contributed by atoms with Gasteiger partial charge in [-0.15, -0.1) is 0 Å². The summed E-state index contributed by atoms with van der Waals surface area (Å²) >= 11 is 0. The number of aromatic nitrogens is 2. The van der Waals surface area contributed by atoms with Crippen LogP contribution in [0.15, 0.2) is 60.7 Å². The quantitative estimate of drug-likeness (QED) is 0.297. The number of hydrogen-bond donors (Lipinski definition) is 2. The number of rotatable bonds is 5. The third kappa shape index (κ3) is 4.26. The zero-order valence-electron chi connectivity index (χ0n) is 21.4. The molecule has 1 aromatic heterocycles. The second kappa shape index (κ2) is 9.85. The lowest BCUT2D eigenvalue weighted by Crippen LogP contribution is -2.40. The van der Waals surface area contributed by atoms with Gasteiger partial charge in [0.2, 0.25) is 0 Å². The summed E-state index contributed by atoms with van der Waals surface area (Å²) in [5.74, 6) is -1.15. The lowest BCUT2D eigenvalue weighted by molar-refractivity contribution is 0.0350. The van der Waals surface area contributed by atoms with E-state index in [1.807, 2.05) is 30.3 Å². The number of nitrogens with two attached hydrogens (primary N) is 1. The van der Waals surface area contributed by atoms with E-state index in [1.165, 1.54) is 0 Å². The van der Waals surface area contributed by atoms with Gasteiger partial charge in [-0.25, -0.2) is 4.90 Å². The van der Waals surface area contributed by atoms with E-state index in [0.717, 1.165) is 28.6 Å². The van der Waals surface area contributed by atoms with Crippen molar-refractivity contribution in [1.29, 1.82) is 0 Å². The molecular weight excluding hydrogens is 494 g/mol. The molecular formula is C30H27N5O4. The number of nitrogens with zero attached hydrogens (tertiary/aromatic N) is 3. The summed E-state index contributed by atoms with van der Waals surface area (Å²) in [6.07, 6.45) is 5.26. The fourth-order valence-electron chi connectivity index (χ4n) is 5.30. The van der Waals surface area contributed by atoms with Crippen molar-refractivity contribution in [2.45, 2.75) is 18.9 Å². The minimum absolute atomic E-state index is 0.138. The Morgan fingerprint density at radius 3 is 2.59 bits per heavy atom. The molecule has 196 valence electrons. The summed E-state index contributed by atoms with van der Waals surface area (Å²) in [4.78, 5) is 43.3. The van der Waals surface area contributed by atoms with Crippen LogP contribution in [0.4, 0.5) is 11.4 Å². The molecule has 2 aliphatic rings. The number of likely N-dealkylation sites (tertiary alicyclic amines) is 1. The Morgan fingerprint density at radius 1 is 1.03 bits per heavy atom. The number of H-pyrrole nitrogens is 1. The van der Waals surface area contributed by atoms with Crippen LogP contribution in [0.2, 0.25) is 0 Å². The first-order valence-corrected chi connectivity index (χ1v) is 12.8. The lowest BCUT2D eigenvalue weighted by atomic mass is 10.0. The number of anilines is 2. The summed E-state index contributed by atoms with van der Waals surface area (Å²) in [5.41, 5.74) is 9.64. The van der Waals surface area contributed by atoms with E-state index in [2.05, 4.69) is 10.2 Å². The van der Waals surface area contributed by atoms with Crippen molar-refractivity contribution in [2.24, 2.45) is 0 Å². The van der Waals surface area contributed by atoms with Gasteiger partial charge in [-0.2, -0.15) is 5.10 Å². The zero-order chi connectivity index (χ0) is 27.1. The number of benzene rings is 3. The van der Waals surface area contributed by atoms with Gasteiger partial charge in [0, 0.05) is 36.8 Å². The molecule has 39 heavy (non-hydrogen) atoms. The third-order valence-corrected chi connectivity index (χ3v) is 7.45. The molecule has 9 nitrogen and oxygen atoms in total. The number of amides is 3. The Morgan fingerprint density at radius 2 is 1.82 bits per heavy atom. The average Bonchev–Trinajstić information content (AvgIpc) is 3.50. The number of hydrogen-bond acceptors (Lipinski definition) is 6. The highest BCUT2D eigenvalue weighted by Gasteiger charge is 2.39. The predicted molar refractivity (Wildman–Crippen MR) is 149 cm³/mol. The van der Waals surface area contributed by atoms with Gasteiger partial charge in [-0.1, -0.05) is 36.4 Å². The summed E-state index contributed by atoms with van der Waals surface area (Å²) in [5, 5.41) is 8.33. The average molecular weight is 522 g/mol. The van der Waals surface area contributed by atoms with E-state index in [0.29, 0.717) is 35.6 Å². The van der Waals surface area contributed by atoms with Crippen molar-refractivity contribution in [2.75, 3.05) is 30.8 Å². The van der Waals surface area contributed by atoms with Gasteiger partial charge < -0.3 is 15.4 Å². The van der Waals surface area contributed by atoms with Gasteiger partial charge in [0.15, 0.2) is 0 Å². The normalized spacial score (nSPS) is 16.0. The van der Waals surface area contributed by atoms with Crippen molar-refractivity contribution in [3.63, 3.8) is 0 Å². The third-order valence-electron chi connectivity index (χ3n) is 7.45. The number of methoxy groups -OCH3 is 1. The molecule has 0 aliphatic carbocycles. The van der Waals surface area contributed by atoms with Crippen molar-refractivity contribution < 1.29 is 19.1 Å². The maximum Gasteiger partial charge on any atom is 0.268 e. The van der Waals surface area contributed by atoms with Gasteiger partial charge in [-0.3, -0.25) is 19.5 Å². The van der Waals surface area contributed by atoms with Crippen molar-refractivity contribution >= 4 is 52.2 Å². The molecule has 0 spiro atoms. The largest absolute Gasteiger partial charge is 0.398 e. The first kappa shape index (κ1) is 24.6. The molecule has 0 saturated carbocycles. The van der Waals surface area contributed by atoms with Gasteiger partial charge in [0.05, 0.1) is 34.1 Å². The number of aromatic amines is 1. The van der Waals surface area contributed by atoms with Crippen LogP contribution in [0.1, 0.15) is 55.2 Å². The van der Waals surface area contributed by atoms with Crippen LogP contribution in [0.5, 0.6) is 0 Å². The summed E-state index contributed by atoms with van der Waals surface area (Å²) in [6, 6.07) is 17.7. The maximum atomic E-state index is 13.5. The molecule has 3 heterocycles. The van der Waals surface area contributed by atoms with Gasteiger partial charge in [0.1, 0.15) is 0 Å². The van der Waals surface area contributed by atoms with Crippen LogP contribution < -0.4 is 10.6 Å². The summed E-state index contributed by atoms with van der Waals surface area (Å²) in [6.45, 7) is 1.15. The number of carbonyl (C=O) groups is 3. The number of para-hydroxylation sites is 1. The standard InChI is InChI=1S/C30H27N5O4/c1-39-20-13-15-34(16-14-20)28(36)19-10-9-18(11-12-25-21-5-2-3-8-24(21)32-33-25)26(17-19)35-29(37)22-6-4-7-23(31)27(22)30(35)38/h2-12,17,20H,13-16,31H2,1H3,(H,32,33). The zero-order valence-corrected chi connectivity index (χ0v) is 21.4. The topological polar surface area (TPSA) is 122 Å². The molecule has 0 unspecified atom stereocenters. The Bertz CT molecular complexity index is 1650. The van der Waals surface area contributed by atoms with E-state index in [-0.39, 0.29) is 28.8 Å². The number of imide groups is 1. The minimum atomic E-state index is -0.515. The van der Waals surface area contributed by atoms with Crippen LogP contribution >= 0.6 is 0 Å². The highest BCUT2D eigenvalue weighted by molar-refractivity contribution is 6.36. The summed E-state index contributed by atoms with van der Waals surface area (Å²) < 4.78 is 5.43. The van der Waals surface area contributed by atoms with Crippen LogP contribution in [0.3, 0.4) is 0 Å². The fraction of sp³-hybridized carbons (Fsp3) is 0.200. The number of piperidine rings is 1. The van der Waals surface area contributed by atoms with Crippen molar-refractivity contribution in [3.8, 4) is 0 Å². The van der Waals surface area contributed by atoms with Crippen LogP contribution in [-0.2, 0) is 4.74 Å². The van der Waals surface area contributed by atoms with Crippen LogP contribution in [-0.4, -0.2) is 59.1 Å². The molecule has 3 aromatic carbocycles. The van der Waals surface area contributed by atoms with E-state index >= 15 is 0 Å². The maximum absolute atomic E-state index is 13.5. The molecule has 1 fully saturated rings.